The van der Waals surface area contributed by atoms with Crippen LogP contribution in [-0.2, 0) is 0 Å². The van der Waals surface area contributed by atoms with E-state index in [9.17, 15) is 9.18 Å². The second-order valence-corrected chi connectivity index (χ2v) is 4.15. The van der Waals surface area contributed by atoms with E-state index in [1.165, 1.54) is 0 Å². The molecule has 0 saturated carbocycles. The fraction of sp³-hybridized carbons (Fsp3) is 0. The Balaban J connectivity index is 2.59. The van der Waals surface area contributed by atoms with Crippen molar-refractivity contribution in [2.24, 2.45) is 0 Å². The minimum Gasteiger partial charge on any atom is -0.298 e. The summed E-state index contributed by atoms with van der Waals surface area (Å²) in [4.78, 5) is 14.7. The standard InChI is InChI=1S/C12H6Cl2FNO/c13-10-2-1-7(4-11(10)14)12-8(6-17)3-9(15)5-16-12/h1-6H. The summed E-state index contributed by atoms with van der Waals surface area (Å²) in [7, 11) is 0. The molecule has 0 atom stereocenters. The number of pyridine rings is 1. The third kappa shape index (κ3) is 2.46. The summed E-state index contributed by atoms with van der Waals surface area (Å²) in [5, 5.41) is 0.761. The minimum atomic E-state index is -0.559. The summed E-state index contributed by atoms with van der Waals surface area (Å²) in [6.07, 6.45) is 1.60. The third-order valence-electron chi connectivity index (χ3n) is 2.20. The van der Waals surface area contributed by atoms with E-state index in [1.54, 1.807) is 18.2 Å². The zero-order chi connectivity index (χ0) is 12.4. The van der Waals surface area contributed by atoms with Crippen LogP contribution in [0, 0.1) is 5.82 Å². The quantitative estimate of drug-likeness (QED) is 0.772. The Morgan fingerprint density at radius 3 is 2.59 bits per heavy atom. The summed E-state index contributed by atoms with van der Waals surface area (Å²) in [5.74, 6) is -0.559. The Morgan fingerprint density at radius 1 is 1.18 bits per heavy atom. The van der Waals surface area contributed by atoms with Gasteiger partial charge in [-0.2, -0.15) is 0 Å². The lowest BCUT2D eigenvalue weighted by molar-refractivity contribution is 0.112. The predicted octanol–water partition coefficient (Wildman–Crippen LogP) is 4.01. The van der Waals surface area contributed by atoms with Crippen LogP contribution in [0.1, 0.15) is 10.4 Å². The number of benzene rings is 1. The summed E-state index contributed by atoms with van der Waals surface area (Å²) < 4.78 is 12.9. The van der Waals surface area contributed by atoms with Crippen molar-refractivity contribution in [2.45, 2.75) is 0 Å². The number of hydrogen-bond donors (Lipinski definition) is 0. The number of aldehydes is 1. The molecule has 0 saturated heterocycles. The van der Waals surface area contributed by atoms with Crippen LogP contribution >= 0.6 is 23.2 Å². The lowest BCUT2D eigenvalue weighted by Gasteiger charge is -2.05. The molecule has 0 fully saturated rings. The molecule has 17 heavy (non-hydrogen) atoms. The normalized spacial score (nSPS) is 10.3. The van der Waals surface area contributed by atoms with E-state index in [0.717, 1.165) is 12.3 Å². The van der Waals surface area contributed by atoms with Crippen molar-refractivity contribution < 1.29 is 9.18 Å². The maximum Gasteiger partial charge on any atom is 0.152 e. The van der Waals surface area contributed by atoms with Gasteiger partial charge in [-0.05, 0) is 18.2 Å². The average Bonchev–Trinajstić information content (AvgIpc) is 2.32. The number of rotatable bonds is 2. The molecule has 5 heteroatoms. The summed E-state index contributed by atoms with van der Waals surface area (Å²) in [6, 6.07) is 5.97. The van der Waals surface area contributed by atoms with Crippen LogP contribution in [-0.4, -0.2) is 11.3 Å². The van der Waals surface area contributed by atoms with Gasteiger partial charge in [0.15, 0.2) is 6.29 Å². The first-order valence-electron chi connectivity index (χ1n) is 4.68. The molecule has 0 spiro atoms. The van der Waals surface area contributed by atoms with Gasteiger partial charge in [0.2, 0.25) is 0 Å². The number of carbonyl (C=O) groups excluding carboxylic acids is 1. The van der Waals surface area contributed by atoms with E-state index in [1.807, 2.05) is 0 Å². The lowest BCUT2D eigenvalue weighted by atomic mass is 10.1. The fourth-order valence-electron chi connectivity index (χ4n) is 1.43. The Bertz CT molecular complexity index is 587. The van der Waals surface area contributed by atoms with E-state index in [-0.39, 0.29) is 5.56 Å². The molecule has 86 valence electrons. The molecular weight excluding hydrogens is 264 g/mol. The van der Waals surface area contributed by atoms with E-state index in [4.69, 9.17) is 23.2 Å². The van der Waals surface area contributed by atoms with Gasteiger partial charge >= 0.3 is 0 Å². The molecule has 0 aliphatic rings. The van der Waals surface area contributed by atoms with Gasteiger partial charge in [0.05, 0.1) is 21.9 Å². The van der Waals surface area contributed by atoms with Gasteiger partial charge in [0.1, 0.15) is 5.82 Å². The zero-order valence-electron chi connectivity index (χ0n) is 8.45. The predicted molar refractivity (Wildman–Crippen MR) is 65.0 cm³/mol. The molecule has 0 aliphatic heterocycles. The van der Waals surface area contributed by atoms with Gasteiger partial charge in [-0.3, -0.25) is 9.78 Å². The van der Waals surface area contributed by atoms with Gasteiger partial charge < -0.3 is 0 Å². The summed E-state index contributed by atoms with van der Waals surface area (Å²) in [5.41, 5.74) is 1.16. The van der Waals surface area contributed by atoms with Gasteiger partial charge in [0, 0.05) is 11.1 Å². The highest BCUT2D eigenvalue weighted by molar-refractivity contribution is 6.42. The number of hydrogen-bond acceptors (Lipinski definition) is 2. The van der Waals surface area contributed by atoms with Gasteiger partial charge in [0.25, 0.3) is 0 Å². The van der Waals surface area contributed by atoms with Crippen LogP contribution in [0.25, 0.3) is 11.3 Å². The third-order valence-corrected chi connectivity index (χ3v) is 2.94. The van der Waals surface area contributed by atoms with Crippen molar-refractivity contribution in [3.8, 4) is 11.3 Å². The van der Waals surface area contributed by atoms with Gasteiger partial charge in [-0.25, -0.2) is 4.39 Å². The largest absolute Gasteiger partial charge is 0.298 e. The molecule has 1 aromatic carbocycles. The molecule has 0 unspecified atom stereocenters. The lowest BCUT2D eigenvalue weighted by Crippen LogP contribution is -1.93. The summed E-state index contributed by atoms with van der Waals surface area (Å²) >= 11 is 11.7. The van der Waals surface area contributed by atoms with Crippen molar-refractivity contribution in [3.63, 3.8) is 0 Å². The smallest absolute Gasteiger partial charge is 0.152 e. The highest BCUT2D eigenvalue weighted by Gasteiger charge is 2.09. The van der Waals surface area contributed by atoms with Crippen LogP contribution in [0.5, 0.6) is 0 Å². The molecule has 0 aliphatic carbocycles. The molecular formula is C12H6Cl2FNO. The zero-order valence-corrected chi connectivity index (χ0v) is 9.97. The van der Waals surface area contributed by atoms with Crippen molar-refractivity contribution in [1.82, 2.24) is 4.98 Å². The summed E-state index contributed by atoms with van der Waals surface area (Å²) in [6.45, 7) is 0. The molecule has 0 radical (unpaired) electrons. The number of nitrogens with zero attached hydrogens (tertiary/aromatic N) is 1. The Morgan fingerprint density at radius 2 is 1.94 bits per heavy atom. The molecule has 2 rings (SSSR count). The van der Waals surface area contributed by atoms with Crippen LogP contribution in [0.2, 0.25) is 10.0 Å². The van der Waals surface area contributed by atoms with Gasteiger partial charge in [-0.15, -0.1) is 0 Å². The SMILES string of the molecule is O=Cc1cc(F)cnc1-c1ccc(Cl)c(Cl)c1. The van der Waals surface area contributed by atoms with Crippen molar-refractivity contribution in [1.29, 1.82) is 0 Å². The van der Waals surface area contributed by atoms with Crippen molar-refractivity contribution >= 4 is 29.5 Å². The number of aromatic nitrogens is 1. The molecule has 0 bridgehead atoms. The first-order chi connectivity index (χ1) is 8.11. The Labute approximate surface area is 107 Å². The maximum atomic E-state index is 12.9. The molecule has 1 aromatic heterocycles. The van der Waals surface area contributed by atoms with Gasteiger partial charge in [-0.1, -0.05) is 29.3 Å². The molecule has 1 heterocycles. The molecule has 2 aromatic rings. The van der Waals surface area contributed by atoms with E-state index < -0.39 is 5.82 Å². The maximum absolute atomic E-state index is 12.9. The Hall–Kier alpha value is -1.45. The highest BCUT2D eigenvalue weighted by atomic mass is 35.5. The van der Waals surface area contributed by atoms with Crippen LogP contribution in [0.4, 0.5) is 4.39 Å². The van der Waals surface area contributed by atoms with Crippen LogP contribution in [0.3, 0.4) is 0 Å². The monoisotopic (exact) mass is 269 g/mol. The first kappa shape index (κ1) is 12.0. The fourth-order valence-corrected chi connectivity index (χ4v) is 1.73. The van der Waals surface area contributed by atoms with E-state index >= 15 is 0 Å². The Kier molecular flexibility index (Phi) is 3.41. The highest BCUT2D eigenvalue weighted by Crippen LogP contribution is 2.28. The first-order valence-corrected chi connectivity index (χ1v) is 5.43. The second-order valence-electron chi connectivity index (χ2n) is 3.34. The second kappa shape index (κ2) is 4.82. The van der Waals surface area contributed by atoms with Crippen molar-refractivity contribution in [3.05, 3.63) is 51.9 Å². The van der Waals surface area contributed by atoms with Crippen LogP contribution < -0.4 is 0 Å². The van der Waals surface area contributed by atoms with Crippen molar-refractivity contribution in [2.75, 3.05) is 0 Å². The average molecular weight is 270 g/mol. The molecule has 0 amide bonds. The minimum absolute atomic E-state index is 0.170. The number of carbonyl (C=O) groups is 1. The topological polar surface area (TPSA) is 30.0 Å². The van der Waals surface area contributed by atoms with E-state index in [2.05, 4.69) is 4.98 Å². The molecule has 2 nitrogen and oxygen atoms in total. The van der Waals surface area contributed by atoms with Crippen LogP contribution in [0.15, 0.2) is 30.5 Å². The molecule has 0 N–H and O–H groups in total. The number of halogens is 3. The van der Waals surface area contributed by atoms with E-state index in [0.29, 0.717) is 27.6 Å².